The Balaban J connectivity index is 2.01. The van der Waals surface area contributed by atoms with E-state index in [0.717, 1.165) is 24.9 Å². The average Bonchev–Trinajstić information content (AvgIpc) is 2.81. The molecule has 5 nitrogen and oxygen atoms in total. The van der Waals surface area contributed by atoms with E-state index in [2.05, 4.69) is 15.5 Å². The first-order chi connectivity index (χ1) is 9.60. The zero-order valence-corrected chi connectivity index (χ0v) is 11.6. The first-order valence-corrected chi connectivity index (χ1v) is 6.47. The fraction of sp³-hybridized carbons (Fsp3) is 0.462. The average molecular weight is 281 g/mol. The third kappa shape index (κ3) is 3.57. The van der Waals surface area contributed by atoms with Crippen LogP contribution in [0, 0.1) is 11.6 Å². The Bertz CT molecular complexity index is 570. The number of rotatable bonds is 6. The summed E-state index contributed by atoms with van der Waals surface area (Å²) in [6.45, 7) is 3.67. The number of benzene rings is 1. The van der Waals surface area contributed by atoms with Crippen LogP contribution in [0.3, 0.4) is 0 Å². The van der Waals surface area contributed by atoms with Gasteiger partial charge in [0.2, 0.25) is 0 Å². The van der Waals surface area contributed by atoms with Crippen LogP contribution >= 0.6 is 0 Å². The maximum Gasteiger partial charge on any atom is 0.165 e. The van der Waals surface area contributed by atoms with E-state index in [0.29, 0.717) is 18.7 Å². The molecule has 0 fully saturated rings. The van der Waals surface area contributed by atoms with Crippen molar-refractivity contribution in [1.82, 2.24) is 25.1 Å². The summed E-state index contributed by atoms with van der Waals surface area (Å²) in [6.07, 6.45) is 0.939. The predicted octanol–water partition coefficient (Wildman–Crippen LogP) is 1.99. The van der Waals surface area contributed by atoms with Crippen LogP contribution in [0.1, 0.15) is 24.7 Å². The molecule has 0 atom stereocenters. The third-order valence-electron chi connectivity index (χ3n) is 2.91. The van der Waals surface area contributed by atoms with Gasteiger partial charge < -0.3 is 0 Å². The second kappa shape index (κ2) is 6.51. The largest absolute Gasteiger partial charge is 0.295 e. The predicted molar refractivity (Wildman–Crippen MR) is 69.6 cm³/mol. The maximum atomic E-state index is 13.6. The quantitative estimate of drug-likeness (QED) is 0.812. The summed E-state index contributed by atoms with van der Waals surface area (Å²) in [4.78, 5) is 1.88. The van der Waals surface area contributed by atoms with Crippen molar-refractivity contribution >= 4 is 0 Å². The van der Waals surface area contributed by atoms with Gasteiger partial charge in [-0.2, -0.15) is 0 Å². The van der Waals surface area contributed by atoms with E-state index in [4.69, 9.17) is 0 Å². The summed E-state index contributed by atoms with van der Waals surface area (Å²) in [6, 6.07) is 3.61. The number of halogens is 2. The van der Waals surface area contributed by atoms with Gasteiger partial charge in [0.1, 0.15) is 11.6 Å². The van der Waals surface area contributed by atoms with Crippen molar-refractivity contribution in [3.8, 4) is 0 Å². The van der Waals surface area contributed by atoms with Gasteiger partial charge >= 0.3 is 0 Å². The van der Waals surface area contributed by atoms with Crippen LogP contribution in [-0.2, 0) is 19.6 Å². The summed E-state index contributed by atoms with van der Waals surface area (Å²) < 4.78 is 28.2. The summed E-state index contributed by atoms with van der Waals surface area (Å²) in [5, 5.41) is 11.5. The molecule has 0 bridgehead atoms. The van der Waals surface area contributed by atoms with E-state index in [9.17, 15) is 8.78 Å². The summed E-state index contributed by atoms with van der Waals surface area (Å²) in [5.74, 6) is -0.373. The smallest absolute Gasteiger partial charge is 0.165 e. The van der Waals surface area contributed by atoms with Crippen LogP contribution in [0.15, 0.2) is 18.2 Å². The SMILES string of the molecule is CCCn1nnnc1CN(C)Cc1ccc(F)cc1F. The molecule has 0 radical (unpaired) electrons. The molecular formula is C13H17F2N5. The highest BCUT2D eigenvalue weighted by Crippen LogP contribution is 2.12. The van der Waals surface area contributed by atoms with Crippen molar-refractivity contribution < 1.29 is 8.78 Å². The fourth-order valence-electron chi connectivity index (χ4n) is 1.96. The Kier molecular flexibility index (Phi) is 4.73. The van der Waals surface area contributed by atoms with E-state index < -0.39 is 11.6 Å². The van der Waals surface area contributed by atoms with Crippen LogP contribution in [0.2, 0.25) is 0 Å². The second-order valence-corrected chi connectivity index (χ2v) is 4.73. The Hall–Kier alpha value is -1.89. The molecule has 0 unspecified atom stereocenters. The molecular weight excluding hydrogens is 264 g/mol. The molecule has 2 rings (SSSR count). The van der Waals surface area contributed by atoms with Gasteiger partial charge in [0.25, 0.3) is 0 Å². The second-order valence-electron chi connectivity index (χ2n) is 4.73. The topological polar surface area (TPSA) is 46.8 Å². The van der Waals surface area contributed by atoms with Crippen molar-refractivity contribution in [2.45, 2.75) is 33.0 Å². The molecule has 1 aromatic carbocycles. The Morgan fingerprint density at radius 1 is 1.25 bits per heavy atom. The fourth-order valence-corrected chi connectivity index (χ4v) is 1.96. The maximum absolute atomic E-state index is 13.6. The number of hydrogen-bond acceptors (Lipinski definition) is 4. The monoisotopic (exact) mass is 281 g/mol. The minimum atomic E-state index is -0.569. The number of nitrogens with zero attached hydrogens (tertiary/aromatic N) is 5. The molecule has 0 aliphatic rings. The normalized spacial score (nSPS) is 11.2. The van der Waals surface area contributed by atoms with Gasteiger partial charge in [-0.25, -0.2) is 13.5 Å². The van der Waals surface area contributed by atoms with Crippen LogP contribution in [0.25, 0.3) is 0 Å². The molecule has 0 amide bonds. The van der Waals surface area contributed by atoms with Gasteiger partial charge in [0, 0.05) is 24.7 Å². The Labute approximate surface area is 116 Å². The van der Waals surface area contributed by atoms with Crippen molar-refractivity contribution in [2.24, 2.45) is 0 Å². The van der Waals surface area contributed by atoms with E-state index in [1.807, 2.05) is 18.9 Å². The molecule has 20 heavy (non-hydrogen) atoms. The molecule has 1 heterocycles. The van der Waals surface area contributed by atoms with Crippen molar-refractivity contribution in [3.05, 3.63) is 41.2 Å². The van der Waals surface area contributed by atoms with E-state index in [-0.39, 0.29) is 0 Å². The Morgan fingerprint density at radius 2 is 2.05 bits per heavy atom. The van der Waals surface area contributed by atoms with Crippen LogP contribution in [0.5, 0.6) is 0 Å². The van der Waals surface area contributed by atoms with Gasteiger partial charge in [-0.3, -0.25) is 4.90 Å². The lowest BCUT2D eigenvalue weighted by molar-refractivity contribution is 0.297. The van der Waals surface area contributed by atoms with Gasteiger partial charge in [-0.15, -0.1) is 5.10 Å². The molecule has 0 aliphatic carbocycles. The lowest BCUT2D eigenvalue weighted by Crippen LogP contribution is -2.21. The van der Waals surface area contributed by atoms with Crippen LogP contribution in [0.4, 0.5) is 8.78 Å². The summed E-state index contributed by atoms with van der Waals surface area (Å²) in [5.41, 5.74) is 0.448. The first-order valence-electron chi connectivity index (χ1n) is 6.47. The van der Waals surface area contributed by atoms with Gasteiger partial charge in [-0.05, 0) is 30.0 Å². The number of hydrogen-bond donors (Lipinski definition) is 0. The minimum Gasteiger partial charge on any atom is -0.295 e. The van der Waals surface area contributed by atoms with E-state index in [1.54, 1.807) is 4.68 Å². The van der Waals surface area contributed by atoms with Gasteiger partial charge in [-0.1, -0.05) is 13.0 Å². The highest BCUT2D eigenvalue weighted by molar-refractivity contribution is 5.18. The molecule has 0 aliphatic heterocycles. The molecule has 7 heteroatoms. The molecule has 0 saturated carbocycles. The van der Waals surface area contributed by atoms with E-state index in [1.165, 1.54) is 12.1 Å². The molecule has 0 spiro atoms. The zero-order chi connectivity index (χ0) is 14.5. The Morgan fingerprint density at radius 3 is 2.75 bits per heavy atom. The highest BCUT2D eigenvalue weighted by atomic mass is 19.1. The number of aryl methyl sites for hydroxylation is 1. The number of tetrazole rings is 1. The standard InChI is InChI=1S/C13H17F2N5/c1-3-6-20-13(16-17-18-20)9-19(2)8-10-4-5-11(14)7-12(10)15/h4-5,7H,3,6,8-9H2,1-2H3. The molecule has 0 saturated heterocycles. The van der Waals surface area contributed by atoms with Crippen LogP contribution in [-0.4, -0.2) is 32.2 Å². The van der Waals surface area contributed by atoms with E-state index >= 15 is 0 Å². The van der Waals surface area contributed by atoms with Gasteiger partial charge in [0.05, 0.1) is 6.54 Å². The van der Waals surface area contributed by atoms with Crippen LogP contribution < -0.4 is 0 Å². The molecule has 0 N–H and O–H groups in total. The lowest BCUT2D eigenvalue weighted by Gasteiger charge is -2.16. The van der Waals surface area contributed by atoms with Gasteiger partial charge in [0.15, 0.2) is 5.82 Å². The molecule has 2 aromatic rings. The highest BCUT2D eigenvalue weighted by Gasteiger charge is 2.11. The zero-order valence-electron chi connectivity index (χ0n) is 11.6. The lowest BCUT2D eigenvalue weighted by atomic mass is 10.2. The number of aromatic nitrogens is 4. The van der Waals surface area contributed by atoms with Crippen molar-refractivity contribution in [3.63, 3.8) is 0 Å². The molecule has 108 valence electrons. The van der Waals surface area contributed by atoms with Crippen molar-refractivity contribution in [1.29, 1.82) is 0 Å². The summed E-state index contributed by atoms with van der Waals surface area (Å²) >= 11 is 0. The summed E-state index contributed by atoms with van der Waals surface area (Å²) in [7, 11) is 1.84. The first kappa shape index (κ1) is 14.5. The van der Waals surface area contributed by atoms with Crippen molar-refractivity contribution in [2.75, 3.05) is 7.05 Å². The molecule has 1 aromatic heterocycles. The third-order valence-corrected chi connectivity index (χ3v) is 2.91. The minimum absolute atomic E-state index is 0.366.